The maximum Gasteiger partial charge on any atom is 0.310 e. The molecule has 178 valence electrons. The molecule has 0 bridgehead atoms. The molecule has 0 N–H and O–H groups in total. The predicted molar refractivity (Wildman–Crippen MR) is 139 cm³/mol. The van der Waals surface area contributed by atoms with E-state index in [0.29, 0.717) is 22.0 Å². The zero-order valence-electron chi connectivity index (χ0n) is 19.6. The van der Waals surface area contributed by atoms with Gasteiger partial charge in [-0.2, -0.15) is 0 Å². The highest BCUT2D eigenvalue weighted by Crippen LogP contribution is 2.42. The second-order valence-electron chi connectivity index (χ2n) is 8.28. The largest absolute Gasteiger partial charge is 0.469 e. The Hall–Kier alpha value is -4.29. The quantitative estimate of drug-likeness (QED) is 0.219. The van der Waals surface area contributed by atoms with Crippen LogP contribution >= 0.6 is 11.6 Å². The van der Waals surface area contributed by atoms with Crippen molar-refractivity contribution in [2.24, 2.45) is 0 Å². The molecular weight excluding hydrogens is 472 g/mol. The van der Waals surface area contributed by atoms with Gasteiger partial charge in [-0.1, -0.05) is 103 Å². The van der Waals surface area contributed by atoms with Gasteiger partial charge in [-0.05, 0) is 50.9 Å². The summed E-state index contributed by atoms with van der Waals surface area (Å²) in [6.45, 7) is 0. The van der Waals surface area contributed by atoms with Crippen LogP contribution in [-0.2, 0) is 21.5 Å². The van der Waals surface area contributed by atoms with Crippen LogP contribution in [0.15, 0.2) is 109 Å². The van der Waals surface area contributed by atoms with Crippen LogP contribution in [0.1, 0.15) is 22.3 Å². The smallest absolute Gasteiger partial charge is 0.310 e. The lowest BCUT2D eigenvalue weighted by Gasteiger charge is -2.36. The number of hydrogen-bond acceptors (Lipinski definition) is 5. The Labute approximate surface area is 214 Å². The highest BCUT2D eigenvalue weighted by molar-refractivity contribution is 6.30. The van der Waals surface area contributed by atoms with E-state index in [-0.39, 0.29) is 12.4 Å². The van der Waals surface area contributed by atoms with Gasteiger partial charge in [0.1, 0.15) is 5.54 Å². The molecule has 0 aliphatic carbocycles. The molecule has 36 heavy (non-hydrogen) atoms. The SMILES string of the molecule is COC(=O)Cc1cc(Cl)ccc1-c1nnnn1C(c1ccccc1)(c1ccccc1)c1ccccc1. The number of methoxy groups -OCH3 is 1. The van der Waals surface area contributed by atoms with Crippen LogP contribution in [0, 0.1) is 0 Å². The maximum absolute atomic E-state index is 12.2. The summed E-state index contributed by atoms with van der Waals surface area (Å²) in [5.41, 5.74) is 3.43. The number of benzene rings is 4. The van der Waals surface area contributed by atoms with Crippen LogP contribution in [0.3, 0.4) is 0 Å². The Kier molecular flexibility index (Phi) is 6.60. The first-order chi connectivity index (χ1) is 17.6. The van der Waals surface area contributed by atoms with Crippen molar-refractivity contribution in [1.29, 1.82) is 0 Å². The van der Waals surface area contributed by atoms with Gasteiger partial charge in [0, 0.05) is 10.6 Å². The lowest BCUT2D eigenvalue weighted by Crippen LogP contribution is -2.39. The number of ether oxygens (including phenoxy) is 1. The average Bonchev–Trinajstić information content (AvgIpc) is 3.41. The minimum atomic E-state index is -0.898. The van der Waals surface area contributed by atoms with Gasteiger partial charge in [-0.25, -0.2) is 4.68 Å². The summed E-state index contributed by atoms with van der Waals surface area (Å²) in [4.78, 5) is 12.2. The van der Waals surface area contributed by atoms with E-state index in [1.165, 1.54) is 7.11 Å². The summed E-state index contributed by atoms with van der Waals surface area (Å²) in [6.07, 6.45) is 0.0360. The molecule has 0 aliphatic rings. The minimum absolute atomic E-state index is 0.0360. The molecule has 6 nitrogen and oxygen atoms in total. The van der Waals surface area contributed by atoms with Crippen LogP contribution in [0.2, 0.25) is 5.02 Å². The summed E-state index contributed by atoms with van der Waals surface area (Å²) in [6, 6.07) is 35.8. The Bertz CT molecular complexity index is 1370. The first-order valence-corrected chi connectivity index (χ1v) is 11.8. The Balaban J connectivity index is 1.85. The Morgan fingerprint density at radius 3 is 1.86 bits per heavy atom. The van der Waals surface area contributed by atoms with E-state index in [9.17, 15) is 4.79 Å². The van der Waals surface area contributed by atoms with Crippen molar-refractivity contribution in [2.75, 3.05) is 7.11 Å². The molecule has 0 unspecified atom stereocenters. The second kappa shape index (κ2) is 10.1. The third kappa shape index (κ3) is 4.16. The normalized spacial score (nSPS) is 11.3. The van der Waals surface area contributed by atoms with Crippen molar-refractivity contribution >= 4 is 17.6 Å². The fourth-order valence-corrected chi connectivity index (χ4v) is 4.83. The molecule has 7 heteroatoms. The molecule has 0 saturated carbocycles. The number of esters is 1. The van der Waals surface area contributed by atoms with Gasteiger partial charge >= 0.3 is 5.97 Å². The monoisotopic (exact) mass is 494 g/mol. The molecule has 0 radical (unpaired) electrons. The topological polar surface area (TPSA) is 69.9 Å². The van der Waals surface area contributed by atoms with Crippen molar-refractivity contribution in [3.05, 3.63) is 136 Å². The van der Waals surface area contributed by atoms with Gasteiger partial charge < -0.3 is 4.74 Å². The molecule has 0 amide bonds. The van der Waals surface area contributed by atoms with E-state index < -0.39 is 5.54 Å². The van der Waals surface area contributed by atoms with Gasteiger partial charge in [0.05, 0.1) is 13.5 Å². The van der Waals surface area contributed by atoms with Crippen LogP contribution in [0.25, 0.3) is 11.4 Å². The minimum Gasteiger partial charge on any atom is -0.469 e. The van der Waals surface area contributed by atoms with E-state index in [2.05, 4.69) is 51.9 Å². The van der Waals surface area contributed by atoms with Gasteiger partial charge in [0.15, 0.2) is 5.82 Å². The summed E-state index contributed by atoms with van der Waals surface area (Å²) < 4.78 is 6.76. The molecule has 0 saturated heterocycles. The molecule has 1 aromatic heterocycles. The predicted octanol–water partition coefficient (Wildman–Crippen LogP) is 5.55. The fourth-order valence-electron chi connectivity index (χ4n) is 4.64. The highest BCUT2D eigenvalue weighted by Gasteiger charge is 2.42. The zero-order chi connectivity index (χ0) is 25.0. The Morgan fingerprint density at radius 2 is 1.36 bits per heavy atom. The third-order valence-corrected chi connectivity index (χ3v) is 6.47. The average molecular weight is 495 g/mol. The number of nitrogens with zero attached hydrogens (tertiary/aromatic N) is 4. The summed E-state index contributed by atoms with van der Waals surface area (Å²) in [5.74, 6) is 0.125. The summed E-state index contributed by atoms with van der Waals surface area (Å²) >= 11 is 6.31. The fraction of sp³-hybridized carbons (Fsp3) is 0.103. The van der Waals surface area contributed by atoms with Gasteiger partial charge in [-0.3, -0.25) is 4.79 Å². The van der Waals surface area contributed by atoms with Gasteiger partial charge in [0.2, 0.25) is 0 Å². The second-order valence-corrected chi connectivity index (χ2v) is 8.71. The highest BCUT2D eigenvalue weighted by atomic mass is 35.5. The van der Waals surface area contributed by atoms with Crippen molar-refractivity contribution < 1.29 is 9.53 Å². The molecule has 0 atom stereocenters. The maximum atomic E-state index is 12.2. The lowest BCUT2D eigenvalue weighted by atomic mass is 9.77. The van der Waals surface area contributed by atoms with E-state index in [4.69, 9.17) is 16.3 Å². The third-order valence-electron chi connectivity index (χ3n) is 6.23. The van der Waals surface area contributed by atoms with Crippen LogP contribution in [0.4, 0.5) is 0 Å². The molecule has 4 aromatic carbocycles. The van der Waals surface area contributed by atoms with Crippen molar-refractivity contribution in [3.63, 3.8) is 0 Å². The first-order valence-electron chi connectivity index (χ1n) is 11.5. The Morgan fingerprint density at radius 1 is 0.833 bits per heavy atom. The van der Waals surface area contributed by atoms with E-state index in [1.807, 2.05) is 65.3 Å². The lowest BCUT2D eigenvalue weighted by molar-refractivity contribution is -0.139. The molecule has 0 spiro atoms. The van der Waals surface area contributed by atoms with E-state index >= 15 is 0 Å². The number of carbonyl (C=O) groups excluding carboxylic acids is 1. The van der Waals surface area contributed by atoms with Gasteiger partial charge in [-0.15, -0.1) is 5.10 Å². The zero-order valence-corrected chi connectivity index (χ0v) is 20.3. The van der Waals surface area contributed by atoms with Crippen molar-refractivity contribution in [2.45, 2.75) is 12.0 Å². The van der Waals surface area contributed by atoms with Crippen LogP contribution in [0.5, 0.6) is 0 Å². The number of tetrazole rings is 1. The summed E-state index contributed by atoms with van der Waals surface area (Å²) in [5, 5.41) is 13.7. The number of rotatable bonds is 7. The van der Waals surface area contributed by atoms with Crippen LogP contribution < -0.4 is 0 Å². The number of carbonyl (C=O) groups is 1. The van der Waals surface area contributed by atoms with Crippen LogP contribution in [-0.4, -0.2) is 33.3 Å². The van der Waals surface area contributed by atoms with Crippen molar-refractivity contribution in [1.82, 2.24) is 20.2 Å². The van der Waals surface area contributed by atoms with Gasteiger partial charge in [0.25, 0.3) is 0 Å². The standard InChI is InChI=1S/C29H23ClN4O2/c1-36-27(35)20-21-19-25(30)17-18-26(21)28-31-32-33-34(28)29(22-11-5-2-6-12-22,23-13-7-3-8-14-23)24-15-9-4-10-16-24/h2-19H,20H2,1H3. The van der Waals surface area contributed by atoms with E-state index in [1.54, 1.807) is 12.1 Å². The number of aromatic nitrogens is 4. The molecule has 5 aromatic rings. The molecule has 1 heterocycles. The van der Waals surface area contributed by atoms with Crippen molar-refractivity contribution in [3.8, 4) is 11.4 Å². The molecule has 0 fully saturated rings. The first kappa shape index (κ1) is 23.5. The summed E-state index contributed by atoms with van der Waals surface area (Å²) in [7, 11) is 1.36. The number of halogens is 1. The molecule has 5 rings (SSSR count). The number of hydrogen-bond donors (Lipinski definition) is 0. The van der Waals surface area contributed by atoms with E-state index in [0.717, 1.165) is 16.7 Å². The molecular formula is C29H23ClN4O2. The molecule has 0 aliphatic heterocycles.